The predicted octanol–water partition coefficient (Wildman–Crippen LogP) is -0.656. The Balaban J connectivity index is 3.68. The summed E-state index contributed by atoms with van der Waals surface area (Å²) >= 11 is 0. The highest BCUT2D eigenvalue weighted by atomic mass is 28.1. The molecule has 0 amide bonds. The standard InChI is InChI=1S/C7H12O4Si/c1-2-3-11-6(8)4-5(12)7(9)10/h2,5H,1,3-4H2,12H3,(H,9,10)/t5-/m0/s1. The molecule has 0 aromatic heterocycles. The third kappa shape index (κ3) is 4.67. The largest absolute Gasteiger partial charge is 0.481 e. The van der Waals surface area contributed by atoms with Gasteiger partial charge in [-0.25, -0.2) is 0 Å². The third-order valence-corrected chi connectivity index (χ3v) is 2.16. The minimum Gasteiger partial charge on any atom is -0.481 e. The number of carboxylic acid groups (broad SMARTS) is 1. The molecule has 0 spiro atoms. The maximum atomic E-state index is 10.8. The van der Waals surface area contributed by atoms with Gasteiger partial charge in [-0.1, -0.05) is 12.7 Å². The van der Waals surface area contributed by atoms with E-state index >= 15 is 0 Å². The molecule has 4 nitrogen and oxygen atoms in total. The van der Waals surface area contributed by atoms with Gasteiger partial charge in [0.2, 0.25) is 0 Å². The van der Waals surface area contributed by atoms with Gasteiger partial charge < -0.3 is 9.84 Å². The summed E-state index contributed by atoms with van der Waals surface area (Å²) in [5.74, 6) is -1.41. The normalized spacial score (nSPS) is 12.0. The number of aliphatic carboxylic acids is 1. The first-order valence-corrected chi connectivity index (χ1v) is 4.72. The van der Waals surface area contributed by atoms with Gasteiger partial charge in [0, 0.05) is 10.2 Å². The first-order valence-electron chi connectivity index (χ1n) is 3.57. The number of hydrogen-bond acceptors (Lipinski definition) is 3. The van der Waals surface area contributed by atoms with E-state index in [-0.39, 0.29) is 13.0 Å². The van der Waals surface area contributed by atoms with Gasteiger partial charge in [0.1, 0.15) is 6.61 Å². The second kappa shape index (κ2) is 5.53. The number of carbonyl (C=O) groups excluding carboxylic acids is 1. The third-order valence-electron chi connectivity index (χ3n) is 1.26. The molecule has 0 unspecified atom stereocenters. The molecule has 0 rings (SSSR count). The maximum absolute atomic E-state index is 10.8. The minimum absolute atomic E-state index is 0.0323. The average Bonchev–Trinajstić information content (AvgIpc) is 2.00. The first kappa shape index (κ1) is 10.9. The SMILES string of the molecule is C=CCOC(=O)C[C@H]([SiH3])C(=O)O. The molecule has 1 N–H and O–H groups in total. The lowest BCUT2D eigenvalue weighted by molar-refractivity contribution is -0.146. The van der Waals surface area contributed by atoms with Crippen LogP contribution in [0.4, 0.5) is 0 Å². The molecule has 12 heavy (non-hydrogen) atoms. The van der Waals surface area contributed by atoms with Gasteiger partial charge in [-0.15, -0.1) is 0 Å². The van der Waals surface area contributed by atoms with Crippen LogP contribution in [0.5, 0.6) is 0 Å². The Bertz CT molecular complexity index is 190. The molecule has 0 aliphatic carbocycles. The summed E-state index contributed by atoms with van der Waals surface area (Å²) < 4.78 is 4.61. The molecule has 0 bridgehead atoms. The summed E-state index contributed by atoms with van der Waals surface area (Å²) in [6, 6.07) is 0. The van der Waals surface area contributed by atoms with Crippen molar-refractivity contribution in [3.63, 3.8) is 0 Å². The van der Waals surface area contributed by atoms with Gasteiger partial charge in [-0.2, -0.15) is 0 Å². The van der Waals surface area contributed by atoms with Crippen molar-refractivity contribution in [2.24, 2.45) is 0 Å². The number of ether oxygens (including phenoxy) is 1. The number of carbonyl (C=O) groups is 2. The van der Waals surface area contributed by atoms with Gasteiger partial charge in [0.15, 0.2) is 0 Å². The molecular formula is C7H12O4Si. The highest BCUT2D eigenvalue weighted by Crippen LogP contribution is 2.05. The van der Waals surface area contributed by atoms with Gasteiger partial charge in [0.25, 0.3) is 0 Å². The zero-order chi connectivity index (χ0) is 9.56. The van der Waals surface area contributed by atoms with Crippen molar-refractivity contribution in [1.82, 2.24) is 0 Å². The van der Waals surface area contributed by atoms with E-state index in [0.29, 0.717) is 10.2 Å². The zero-order valence-corrected chi connectivity index (χ0v) is 8.95. The van der Waals surface area contributed by atoms with Crippen LogP contribution in [-0.4, -0.2) is 33.9 Å². The molecule has 0 radical (unpaired) electrons. The number of hydrogen-bond donors (Lipinski definition) is 1. The van der Waals surface area contributed by atoms with Crippen LogP contribution in [0.1, 0.15) is 6.42 Å². The molecule has 5 heteroatoms. The quantitative estimate of drug-likeness (QED) is 0.353. The van der Waals surface area contributed by atoms with E-state index in [1.807, 2.05) is 0 Å². The smallest absolute Gasteiger partial charge is 0.306 e. The van der Waals surface area contributed by atoms with E-state index in [1.54, 1.807) is 0 Å². The summed E-state index contributed by atoms with van der Waals surface area (Å²) in [4.78, 5) is 21.1. The fourth-order valence-electron chi connectivity index (χ4n) is 0.548. The van der Waals surface area contributed by atoms with Crippen molar-refractivity contribution in [3.05, 3.63) is 12.7 Å². The Hall–Kier alpha value is -1.10. The molecule has 0 saturated heterocycles. The monoisotopic (exact) mass is 188 g/mol. The molecule has 0 aromatic rings. The number of carboxylic acids is 1. The van der Waals surface area contributed by atoms with E-state index in [1.165, 1.54) is 6.08 Å². The summed E-state index contributed by atoms with van der Waals surface area (Å²) in [7, 11) is 0.454. The lowest BCUT2D eigenvalue weighted by Gasteiger charge is -2.04. The lowest BCUT2D eigenvalue weighted by Crippen LogP contribution is -2.14. The van der Waals surface area contributed by atoms with Crippen molar-refractivity contribution in [3.8, 4) is 0 Å². The van der Waals surface area contributed by atoms with Crippen molar-refractivity contribution in [1.29, 1.82) is 0 Å². The van der Waals surface area contributed by atoms with Crippen LogP contribution >= 0.6 is 0 Å². The van der Waals surface area contributed by atoms with E-state index in [2.05, 4.69) is 11.3 Å². The fourth-order valence-corrected chi connectivity index (χ4v) is 0.881. The minimum atomic E-state index is -0.933. The first-order chi connectivity index (χ1) is 5.57. The van der Waals surface area contributed by atoms with E-state index in [0.717, 1.165) is 0 Å². The summed E-state index contributed by atoms with van der Waals surface area (Å²) in [5.41, 5.74) is -0.553. The molecule has 0 aliphatic heterocycles. The van der Waals surface area contributed by atoms with Crippen LogP contribution in [0.2, 0.25) is 5.54 Å². The summed E-state index contributed by atoms with van der Waals surface area (Å²) in [6.45, 7) is 3.51. The van der Waals surface area contributed by atoms with Gasteiger partial charge in [-0.05, 0) is 0 Å². The van der Waals surface area contributed by atoms with Crippen molar-refractivity contribution >= 4 is 22.2 Å². The summed E-state index contributed by atoms with van der Waals surface area (Å²) in [5, 5.41) is 8.46. The molecule has 0 heterocycles. The summed E-state index contributed by atoms with van der Waals surface area (Å²) in [6.07, 6.45) is 1.41. The lowest BCUT2D eigenvalue weighted by atomic mass is 10.3. The van der Waals surface area contributed by atoms with Crippen molar-refractivity contribution in [2.75, 3.05) is 6.61 Å². The number of esters is 1. The topological polar surface area (TPSA) is 63.6 Å². The zero-order valence-electron chi connectivity index (χ0n) is 6.95. The van der Waals surface area contributed by atoms with E-state index in [4.69, 9.17) is 5.11 Å². The molecular weight excluding hydrogens is 176 g/mol. The molecule has 1 atom stereocenters. The van der Waals surface area contributed by atoms with Crippen LogP contribution < -0.4 is 0 Å². The Morgan fingerprint density at radius 1 is 1.67 bits per heavy atom. The molecule has 0 saturated carbocycles. The van der Waals surface area contributed by atoms with Crippen LogP contribution in [0.15, 0.2) is 12.7 Å². The number of rotatable bonds is 5. The molecule has 0 aliphatic rings. The predicted molar refractivity (Wildman–Crippen MR) is 47.1 cm³/mol. The van der Waals surface area contributed by atoms with Gasteiger partial charge in [0.05, 0.1) is 12.0 Å². The van der Waals surface area contributed by atoms with Crippen molar-refractivity contribution in [2.45, 2.75) is 12.0 Å². The highest BCUT2D eigenvalue weighted by molar-refractivity contribution is 6.23. The Morgan fingerprint density at radius 3 is 2.67 bits per heavy atom. The highest BCUT2D eigenvalue weighted by Gasteiger charge is 2.15. The van der Waals surface area contributed by atoms with Crippen LogP contribution in [-0.2, 0) is 14.3 Å². The maximum Gasteiger partial charge on any atom is 0.306 e. The molecule has 68 valence electrons. The molecule has 0 aromatic carbocycles. The molecule has 0 fully saturated rings. The van der Waals surface area contributed by atoms with Crippen LogP contribution in [0.3, 0.4) is 0 Å². The van der Waals surface area contributed by atoms with Gasteiger partial charge >= 0.3 is 11.9 Å². The van der Waals surface area contributed by atoms with E-state index < -0.39 is 17.5 Å². The van der Waals surface area contributed by atoms with Crippen LogP contribution in [0.25, 0.3) is 0 Å². The Kier molecular flexibility index (Phi) is 5.03. The van der Waals surface area contributed by atoms with Crippen LogP contribution in [0, 0.1) is 0 Å². The Labute approximate surface area is 73.6 Å². The fraction of sp³-hybridized carbons (Fsp3) is 0.429. The second-order valence-corrected chi connectivity index (χ2v) is 3.81. The van der Waals surface area contributed by atoms with E-state index in [9.17, 15) is 9.59 Å². The second-order valence-electron chi connectivity index (χ2n) is 2.42. The van der Waals surface area contributed by atoms with Crippen molar-refractivity contribution < 1.29 is 19.4 Å². The van der Waals surface area contributed by atoms with Gasteiger partial charge in [-0.3, -0.25) is 9.59 Å². The average molecular weight is 188 g/mol. The Morgan fingerprint density at radius 2 is 2.25 bits per heavy atom.